The molecular formula is C50H60N4O8. The first-order valence-electron chi connectivity index (χ1n) is 23.8. The third-order valence-electron chi connectivity index (χ3n) is 18.7. The van der Waals surface area contributed by atoms with E-state index in [9.17, 15) is 38.4 Å². The van der Waals surface area contributed by atoms with Gasteiger partial charge < -0.3 is 0 Å². The molecule has 16 unspecified atom stereocenters. The Bertz CT molecular complexity index is 1920. The summed E-state index contributed by atoms with van der Waals surface area (Å²) in [5, 5.41) is 0. The van der Waals surface area contributed by atoms with Crippen LogP contribution in [0.5, 0.6) is 0 Å². The zero-order valence-electron chi connectivity index (χ0n) is 36.4. The van der Waals surface area contributed by atoms with E-state index in [1.807, 2.05) is 0 Å². The van der Waals surface area contributed by atoms with E-state index in [0.717, 1.165) is 38.5 Å². The molecule has 0 N–H and O–H groups in total. The fourth-order valence-electron chi connectivity index (χ4n) is 15.5. The third kappa shape index (κ3) is 5.36. The number of carbonyl (C=O) groups is 8. The molecule has 328 valence electrons. The van der Waals surface area contributed by atoms with Gasteiger partial charge in [-0.1, -0.05) is 76.3 Å². The van der Waals surface area contributed by atoms with E-state index < -0.39 is 0 Å². The molecule has 4 heterocycles. The first-order valence-corrected chi connectivity index (χ1v) is 23.8. The van der Waals surface area contributed by atoms with Gasteiger partial charge in [0.15, 0.2) is 0 Å². The Labute approximate surface area is 363 Å². The number of imide groups is 4. The van der Waals surface area contributed by atoms with Gasteiger partial charge in [-0.15, -0.1) is 0 Å². The number of allylic oxidation sites excluding steroid dienone is 8. The fourth-order valence-corrected chi connectivity index (χ4v) is 15.5. The lowest BCUT2D eigenvalue weighted by Gasteiger charge is -2.28. The minimum Gasteiger partial charge on any atom is -0.282 e. The molecule has 0 aromatic rings. The molecule has 0 aromatic heterocycles. The van der Waals surface area contributed by atoms with Gasteiger partial charge in [-0.05, 0) is 110 Å². The Morgan fingerprint density at radius 2 is 0.548 bits per heavy atom. The van der Waals surface area contributed by atoms with Crippen LogP contribution in [-0.2, 0) is 38.4 Å². The van der Waals surface area contributed by atoms with Gasteiger partial charge in [-0.25, -0.2) is 0 Å². The van der Waals surface area contributed by atoms with Gasteiger partial charge in [-0.3, -0.25) is 58.0 Å². The highest BCUT2D eigenvalue weighted by Gasteiger charge is 2.68. The molecule has 4 aliphatic heterocycles. The van der Waals surface area contributed by atoms with Crippen molar-refractivity contribution in [3.8, 4) is 0 Å². The first kappa shape index (κ1) is 40.3. The van der Waals surface area contributed by atoms with Crippen molar-refractivity contribution in [1.82, 2.24) is 19.6 Å². The van der Waals surface area contributed by atoms with Crippen LogP contribution in [-0.4, -0.2) is 93.0 Å². The summed E-state index contributed by atoms with van der Waals surface area (Å²) in [6.45, 7) is 10.5. The summed E-state index contributed by atoms with van der Waals surface area (Å²) in [5.41, 5.74) is -0.0197. The molecule has 62 heavy (non-hydrogen) atoms. The van der Waals surface area contributed by atoms with Gasteiger partial charge in [0.25, 0.3) is 0 Å². The average molecular weight is 845 g/mol. The minimum atomic E-state index is -0.185. The molecule has 4 saturated carbocycles. The molecular weight excluding hydrogens is 785 g/mol. The van der Waals surface area contributed by atoms with Crippen LogP contribution in [0.25, 0.3) is 0 Å². The quantitative estimate of drug-likeness (QED) is 0.154. The maximum Gasteiger partial charge on any atom is 0.233 e. The number of carbonyl (C=O) groups excluding carboxylic acids is 8. The number of nitrogens with zero attached hydrogens (tertiary/aromatic N) is 4. The average Bonchev–Trinajstić information content (AvgIpc) is 4.15. The molecule has 12 aliphatic rings. The highest BCUT2D eigenvalue weighted by Crippen LogP contribution is 2.63. The maximum atomic E-state index is 13.0. The van der Waals surface area contributed by atoms with Crippen LogP contribution in [0.4, 0.5) is 0 Å². The highest BCUT2D eigenvalue weighted by atomic mass is 16.2. The van der Waals surface area contributed by atoms with Gasteiger partial charge in [0.2, 0.25) is 47.3 Å². The standard InChI is InChI=1S/C27H34N2O4.C23H26N2O4/c1-26(2)14-8-9-15(26)19-18(14)22(30)28(23(19)31)12-6-5-7-13-29-24(32)20-16-10-11-17(27(16,3)4)21(20)25(29)33;26-20-16-12-4-5-13(10-12)17(16)21(27)24(20)8-2-1-3-9-25-22(28)18-14-6-7-15(11-14)19(18)23(25)29/h8-11,14-21H,5-7,12-13H2,1-4H3;4-7,12-19H,1-3,8-11H2. The van der Waals surface area contributed by atoms with E-state index in [4.69, 9.17) is 0 Å². The summed E-state index contributed by atoms with van der Waals surface area (Å²) >= 11 is 0. The van der Waals surface area contributed by atoms with E-state index >= 15 is 0 Å². The van der Waals surface area contributed by atoms with Crippen LogP contribution in [0.1, 0.15) is 79.1 Å². The molecule has 8 fully saturated rings. The van der Waals surface area contributed by atoms with E-state index in [1.54, 1.807) is 0 Å². The fraction of sp³-hybridized carbons (Fsp3) is 0.680. The van der Waals surface area contributed by atoms with Crippen LogP contribution in [0, 0.1) is 106 Å². The molecule has 8 bridgehead atoms. The summed E-state index contributed by atoms with van der Waals surface area (Å²) in [4.78, 5) is 109. The first-order chi connectivity index (χ1) is 29.6. The summed E-state index contributed by atoms with van der Waals surface area (Å²) in [7, 11) is 0. The zero-order valence-corrected chi connectivity index (χ0v) is 36.4. The van der Waals surface area contributed by atoms with Crippen molar-refractivity contribution >= 4 is 47.3 Å². The number of hydrogen-bond acceptors (Lipinski definition) is 8. The third-order valence-corrected chi connectivity index (χ3v) is 18.7. The van der Waals surface area contributed by atoms with Crippen molar-refractivity contribution in [2.24, 2.45) is 106 Å². The minimum absolute atomic E-state index is 0.00163. The van der Waals surface area contributed by atoms with Crippen molar-refractivity contribution in [2.75, 3.05) is 26.2 Å². The Morgan fingerprint density at radius 1 is 0.339 bits per heavy atom. The zero-order chi connectivity index (χ0) is 43.3. The van der Waals surface area contributed by atoms with Crippen molar-refractivity contribution in [1.29, 1.82) is 0 Å². The Kier molecular flexibility index (Phi) is 9.11. The van der Waals surface area contributed by atoms with E-state index in [0.29, 0.717) is 39.0 Å². The van der Waals surface area contributed by atoms with E-state index in [1.165, 1.54) is 19.6 Å². The van der Waals surface area contributed by atoms with Gasteiger partial charge >= 0.3 is 0 Å². The number of likely N-dealkylation sites (tertiary alicyclic amines) is 4. The van der Waals surface area contributed by atoms with Crippen molar-refractivity contribution in [3.63, 3.8) is 0 Å². The highest BCUT2D eigenvalue weighted by molar-refractivity contribution is 6.08. The van der Waals surface area contributed by atoms with Crippen molar-refractivity contribution < 1.29 is 38.4 Å². The number of fused-ring (bicyclic) bond motifs is 20. The molecule has 12 heteroatoms. The van der Waals surface area contributed by atoms with Crippen LogP contribution >= 0.6 is 0 Å². The lowest BCUT2D eigenvalue weighted by atomic mass is 9.78. The second-order valence-corrected chi connectivity index (χ2v) is 22.1. The summed E-state index contributed by atoms with van der Waals surface area (Å²) in [6, 6.07) is 0. The van der Waals surface area contributed by atoms with Gasteiger partial charge in [-0.2, -0.15) is 0 Å². The molecule has 0 radical (unpaired) electrons. The predicted octanol–water partition coefficient (Wildman–Crippen LogP) is 4.81. The SMILES string of the molecule is CC1(C)C2C=CC1C1C(=O)N(CCCCCN3C(=O)C4C(C3=O)C3C=CC4C3(C)C)C(=O)C12.O=C1C2C3C=CC(C3)C2C(=O)N1CCCCCN1C(=O)C2C3C=CC(C3)C2C1=O. The predicted molar refractivity (Wildman–Crippen MR) is 224 cm³/mol. The molecule has 8 aliphatic carbocycles. The number of unbranched alkanes of at least 4 members (excludes halogenated alkanes) is 4. The number of rotatable bonds is 12. The van der Waals surface area contributed by atoms with Crippen LogP contribution < -0.4 is 0 Å². The largest absolute Gasteiger partial charge is 0.282 e. The number of amides is 8. The van der Waals surface area contributed by atoms with Crippen LogP contribution in [0.15, 0.2) is 48.6 Å². The van der Waals surface area contributed by atoms with E-state index in [2.05, 4.69) is 76.3 Å². The topological polar surface area (TPSA) is 150 Å². The molecule has 8 amide bonds. The van der Waals surface area contributed by atoms with Gasteiger partial charge in [0, 0.05) is 26.2 Å². The molecule has 0 aromatic carbocycles. The summed E-state index contributed by atoms with van der Waals surface area (Å²) in [5.74, 6) is 0.462. The second-order valence-electron chi connectivity index (χ2n) is 22.1. The van der Waals surface area contributed by atoms with Crippen LogP contribution in [0.3, 0.4) is 0 Å². The smallest absolute Gasteiger partial charge is 0.233 e. The lowest BCUT2D eigenvalue weighted by molar-refractivity contribution is -0.143. The maximum absolute atomic E-state index is 13.0. The Hall–Kier alpha value is -4.48. The second kappa shape index (κ2) is 14.0. The number of hydrogen-bond donors (Lipinski definition) is 0. The van der Waals surface area contributed by atoms with Crippen molar-refractivity contribution in [2.45, 2.75) is 79.1 Å². The van der Waals surface area contributed by atoms with Crippen LogP contribution in [0.2, 0.25) is 0 Å². The summed E-state index contributed by atoms with van der Waals surface area (Å²) < 4.78 is 0. The van der Waals surface area contributed by atoms with Gasteiger partial charge in [0.05, 0.1) is 47.3 Å². The van der Waals surface area contributed by atoms with Gasteiger partial charge in [0.1, 0.15) is 0 Å². The molecule has 4 saturated heterocycles. The molecule has 12 nitrogen and oxygen atoms in total. The molecule has 16 atom stereocenters. The normalized spacial score (nSPS) is 43.2. The molecule has 12 rings (SSSR count). The van der Waals surface area contributed by atoms with E-state index in [-0.39, 0.29) is 153 Å². The Morgan fingerprint density at radius 3 is 0.774 bits per heavy atom. The monoisotopic (exact) mass is 844 g/mol. The molecule has 0 spiro atoms. The summed E-state index contributed by atoms with van der Waals surface area (Å²) in [6.07, 6.45) is 23.4. The lowest BCUT2D eigenvalue weighted by Crippen LogP contribution is -2.37. The van der Waals surface area contributed by atoms with Crippen molar-refractivity contribution in [3.05, 3.63) is 48.6 Å². The Balaban J connectivity index is 0.000000140.